The molecular weight excluding hydrogens is 344 g/mol. The molecule has 0 aliphatic heterocycles. The van der Waals surface area contributed by atoms with Crippen molar-refractivity contribution in [3.63, 3.8) is 0 Å². The average molecular weight is 372 g/mol. The summed E-state index contributed by atoms with van der Waals surface area (Å²) in [5, 5.41) is 0. The first kappa shape index (κ1) is 25.6. The predicted molar refractivity (Wildman–Crippen MR) is 94.0 cm³/mol. The molecule has 0 bridgehead atoms. The molecule has 0 saturated heterocycles. The van der Waals surface area contributed by atoms with Gasteiger partial charge in [0.25, 0.3) is 0 Å². The van der Waals surface area contributed by atoms with E-state index in [4.69, 9.17) is 0 Å². The zero-order chi connectivity index (χ0) is 20.5. The van der Waals surface area contributed by atoms with Crippen LogP contribution in [0.2, 0.25) is 0 Å². The molecule has 8 heteroatoms. The minimum atomic E-state index is -0.520. The lowest BCUT2D eigenvalue weighted by Crippen LogP contribution is -2.08. The van der Waals surface area contributed by atoms with Gasteiger partial charge < -0.3 is 18.9 Å². The highest BCUT2D eigenvalue weighted by Crippen LogP contribution is 1.98. The first-order chi connectivity index (χ1) is 12.2. The van der Waals surface area contributed by atoms with Gasteiger partial charge in [0, 0.05) is 23.3 Å². The lowest BCUT2D eigenvalue weighted by molar-refractivity contribution is -0.140. The molecule has 0 aromatic carbocycles. The van der Waals surface area contributed by atoms with Gasteiger partial charge in [-0.05, 0) is 41.5 Å². The Kier molecular flexibility index (Phi) is 15.6. The van der Waals surface area contributed by atoms with E-state index in [0.717, 1.165) is 12.2 Å². The highest BCUT2D eigenvalue weighted by Gasteiger charge is 2.07. The highest BCUT2D eigenvalue weighted by molar-refractivity contribution is 5.96. The van der Waals surface area contributed by atoms with Crippen molar-refractivity contribution in [3.05, 3.63) is 23.3 Å². The molecule has 0 atom stereocenters. The Hall–Kier alpha value is -2.64. The fraction of sp³-hybridized carbons (Fsp3) is 0.556. The Morgan fingerprint density at radius 2 is 0.846 bits per heavy atom. The van der Waals surface area contributed by atoms with Gasteiger partial charge in [-0.15, -0.1) is 0 Å². The third-order valence-corrected chi connectivity index (χ3v) is 2.44. The van der Waals surface area contributed by atoms with Crippen molar-refractivity contribution < 1.29 is 38.1 Å². The molecule has 0 saturated carbocycles. The molecule has 0 unspecified atom stereocenters. The van der Waals surface area contributed by atoms with Gasteiger partial charge in [-0.1, -0.05) is 0 Å². The first-order valence-corrected chi connectivity index (χ1v) is 8.27. The molecule has 0 aliphatic rings. The largest absolute Gasteiger partial charge is 0.463 e. The first-order valence-electron chi connectivity index (χ1n) is 8.27. The maximum absolute atomic E-state index is 11.0. The summed E-state index contributed by atoms with van der Waals surface area (Å²) >= 11 is 0. The van der Waals surface area contributed by atoms with Gasteiger partial charge in [0.2, 0.25) is 0 Å². The van der Waals surface area contributed by atoms with Gasteiger partial charge in [0.15, 0.2) is 0 Å². The van der Waals surface area contributed by atoms with Crippen LogP contribution in [0.5, 0.6) is 0 Å². The lowest BCUT2D eigenvalue weighted by atomic mass is 10.3. The lowest BCUT2D eigenvalue weighted by Gasteiger charge is -2.01. The minimum Gasteiger partial charge on any atom is -0.463 e. The number of carbonyl (C=O) groups excluding carboxylic acids is 4. The SMILES string of the molecule is CCOC(=O)C=C(C)C(=O)OCC.CCOC(=O)C=C(C)C(=O)OCC. The molecule has 8 nitrogen and oxygen atoms in total. The van der Waals surface area contributed by atoms with Crippen molar-refractivity contribution in [1.29, 1.82) is 0 Å². The van der Waals surface area contributed by atoms with Crippen molar-refractivity contribution in [2.45, 2.75) is 41.5 Å². The summed E-state index contributed by atoms with van der Waals surface area (Å²) in [5.74, 6) is -2.02. The van der Waals surface area contributed by atoms with E-state index in [-0.39, 0.29) is 11.1 Å². The van der Waals surface area contributed by atoms with Crippen molar-refractivity contribution in [1.82, 2.24) is 0 Å². The number of ether oxygens (including phenoxy) is 4. The Balaban J connectivity index is 0. The summed E-state index contributed by atoms with van der Waals surface area (Å²) in [6.45, 7) is 11.0. The second-order valence-corrected chi connectivity index (χ2v) is 4.60. The Bertz CT molecular complexity index is 483. The van der Waals surface area contributed by atoms with Gasteiger partial charge in [0.1, 0.15) is 0 Å². The predicted octanol–water partition coefficient (Wildman–Crippen LogP) is 2.12. The normalized spacial score (nSPS) is 10.8. The molecular formula is C18H28O8. The van der Waals surface area contributed by atoms with E-state index in [0.29, 0.717) is 26.4 Å². The zero-order valence-electron chi connectivity index (χ0n) is 16.2. The summed E-state index contributed by atoms with van der Waals surface area (Å²) in [5.41, 5.74) is 0.501. The maximum Gasteiger partial charge on any atom is 0.333 e. The fourth-order valence-electron chi connectivity index (χ4n) is 1.33. The van der Waals surface area contributed by atoms with E-state index in [1.807, 2.05) is 0 Å². The van der Waals surface area contributed by atoms with Gasteiger partial charge in [-0.25, -0.2) is 19.2 Å². The Labute approximate surface area is 154 Å². The molecule has 0 N–H and O–H groups in total. The van der Waals surface area contributed by atoms with Gasteiger partial charge in [-0.2, -0.15) is 0 Å². The summed E-state index contributed by atoms with van der Waals surface area (Å²) < 4.78 is 18.6. The number of rotatable bonds is 8. The molecule has 0 aliphatic carbocycles. The molecule has 0 aromatic rings. The topological polar surface area (TPSA) is 105 Å². The van der Waals surface area contributed by atoms with Crippen molar-refractivity contribution >= 4 is 23.9 Å². The van der Waals surface area contributed by atoms with Crippen LogP contribution < -0.4 is 0 Å². The van der Waals surface area contributed by atoms with Crippen molar-refractivity contribution in [2.24, 2.45) is 0 Å². The van der Waals surface area contributed by atoms with E-state index in [1.165, 1.54) is 13.8 Å². The summed E-state index contributed by atoms with van der Waals surface area (Å²) in [6, 6.07) is 0. The summed E-state index contributed by atoms with van der Waals surface area (Å²) in [6.07, 6.45) is 2.25. The van der Waals surface area contributed by atoms with Crippen LogP contribution >= 0.6 is 0 Å². The maximum atomic E-state index is 11.0. The summed E-state index contributed by atoms with van der Waals surface area (Å²) in [7, 11) is 0. The molecule has 0 aromatic heterocycles. The highest BCUT2D eigenvalue weighted by atomic mass is 16.5. The quantitative estimate of drug-likeness (QED) is 0.362. The zero-order valence-corrected chi connectivity index (χ0v) is 16.2. The van der Waals surface area contributed by atoms with Gasteiger partial charge >= 0.3 is 23.9 Å². The van der Waals surface area contributed by atoms with Crippen LogP contribution in [-0.4, -0.2) is 50.3 Å². The van der Waals surface area contributed by atoms with Crippen LogP contribution in [0, 0.1) is 0 Å². The third kappa shape index (κ3) is 13.8. The Morgan fingerprint density at radius 1 is 0.577 bits per heavy atom. The number of hydrogen-bond donors (Lipinski definition) is 0. The second kappa shape index (κ2) is 15.9. The van der Waals surface area contributed by atoms with Crippen LogP contribution in [0.25, 0.3) is 0 Å². The van der Waals surface area contributed by atoms with Crippen LogP contribution in [-0.2, 0) is 38.1 Å². The third-order valence-electron chi connectivity index (χ3n) is 2.44. The van der Waals surface area contributed by atoms with Crippen LogP contribution in [0.4, 0.5) is 0 Å². The average Bonchev–Trinajstić information content (AvgIpc) is 2.56. The van der Waals surface area contributed by atoms with Gasteiger partial charge in [-0.3, -0.25) is 0 Å². The van der Waals surface area contributed by atoms with E-state index in [2.05, 4.69) is 18.9 Å². The molecule has 26 heavy (non-hydrogen) atoms. The van der Waals surface area contributed by atoms with E-state index in [1.54, 1.807) is 27.7 Å². The van der Waals surface area contributed by atoms with E-state index >= 15 is 0 Å². The van der Waals surface area contributed by atoms with Gasteiger partial charge in [0.05, 0.1) is 26.4 Å². The molecule has 0 amide bonds. The summed E-state index contributed by atoms with van der Waals surface area (Å²) in [4.78, 5) is 43.7. The fourth-order valence-corrected chi connectivity index (χ4v) is 1.33. The smallest absolute Gasteiger partial charge is 0.333 e. The van der Waals surface area contributed by atoms with E-state index < -0.39 is 23.9 Å². The van der Waals surface area contributed by atoms with Crippen LogP contribution in [0.1, 0.15) is 41.5 Å². The molecule has 0 spiro atoms. The van der Waals surface area contributed by atoms with E-state index in [9.17, 15) is 19.2 Å². The molecule has 0 heterocycles. The number of esters is 4. The molecule has 0 fully saturated rings. The van der Waals surface area contributed by atoms with Crippen LogP contribution in [0.15, 0.2) is 23.3 Å². The second-order valence-electron chi connectivity index (χ2n) is 4.60. The Morgan fingerprint density at radius 3 is 1.08 bits per heavy atom. The monoisotopic (exact) mass is 372 g/mol. The molecule has 0 radical (unpaired) electrons. The van der Waals surface area contributed by atoms with Crippen LogP contribution in [0.3, 0.4) is 0 Å². The molecule has 0 rings (SSSR count). The molecule has 148 valence electrons. The minimum absolute atomic E-state index is 0.250. The number of hydrogen-bond acceptors (Lipinski definition) is 8. The van der Waals surface area contributed by atoms with Crippen molar-refractivity contribution in [2.75, 3.05) is 26.4 Å². The number of carbonyl (C=O) groups is 4. The van der Waals surface area contributed by atoms with Crippen molar-refractivity contribution in [3.8, 4) is 0 Å². The standard InChI is InChI=1S/2C9H14O4/c2*1-4-12-8(10)6-7(3)9(11)13-5-2/h2*6H,4-5H2,1-3H3.